The molecule has 0 atom stereocenters. The Bertz CT molecular complexity index is 555. The minimum absolute atomic E-state index is 0.422. The van der Waals surface area contributed by atoms with Crippen molar-refractivity contribution in [2.45, 2.75) is 16.5 Å². The first-order valence-corrected chi connectivity index (χ1v) is 6.04. The third-order valence-corrected chi connectivity index (χ3v) is 3.87. The second-order valence-corrected chi connectivity index (χ2v) is 5.16. The molecule has 0 aliphatic heterocycles. The van der Waals surface area contributed by atoms with E-state index in [9.17, 15) is 22.0 Å². The van der Waals surface area contributed by atoms with Gasteiger partial charge in [0.1, 0.15) is 16.2 Å². The monoisotopic (exact) mass is 356 g/mol. The molecule has 0 N–H and O–H groups in total. The quantitative estimate of drug-likeness (QED) is 0.417. The SMILES string of the molecule is N#Cc1c(Cl)c(Cl)nc(SC(F)(F)C(F)(F)F)c1Cl. The minimum atomic E-state index is -5.80. The van der Waals surface area contributed by atoms with Crippen LogP contribution in [0.3, 0.4) is 0 Å². The van der Waals surface area contributed by atoms with Gasteiger partial charge < -0.3 is 0 Å². The Hall–Kier alpha value is -0.490. The predicted molar refractivity (Wildman–Crippen MR) is 60.8 cm³/mol. The van der Waals surface area contributed by atoms with Gasteiger partial charge in [-0.25, -0.2) is 4.98 Å². The van der Waals surface area contributed by atoms with Gasteiger partial charge in [-0.2, -0.15) is 27.2 Å². The molecular formula is C8Cl3F5N2S. The number of hydrogen-bond acceptors (Lipinski definition) is 3. The summed E-state index contributed by atoms with van der Waals surface area (Å²) < 4.78 is 61.8. The van der Waals surface area contributed by atoms with Gasteiger partial charge in [0.2, 0.25) is 0 Å². The number of thioether (sulfide) groups is 1. The Morgan fingerprint density at radius 2 is 1.58 bits per heavy atom. The average molecular weight is 358 g/mol. The second kappa shape index (κ2) is 5.48. The maximum Gasteiger partial charge on any atom is 0.464 e. The lowest BCUT2D eigenvalue weighted by molar-refractivity contribution is -0.237. The third-order valence-electron chi connectivity index (χ3n) is 1.67. The van der Waals surface area contributed by atoms with Gasteiger partial charge in [0.15, 0.2) is 0 Å². The van der Waals surface area contributed by atoms with Gasteiger partial charge in [-0.15, -0.1) is 0 Å². The molecule has 0 spiro atoms. The van der Waals surface area contributed by atoms with Gasteiger partial charge >= 0.3 is 11.4 Å². The number of nitriles is 1. The summed E-state index contributed by atoms with van der Waals surface area (Å²) in [7, 11) is 0. The zero-order valence-corrected chi connectivity index (χ0v) is 11.4. The van der Waals surface area contributed by atoms with Crippen LogP contribution in [0, 0.1) is 11.3 Å². The highest BCUT2D eigenvalue weighted by molar-refractivity contribution is 8.00. The van der Waals surface area contributed by atoms with Gasteiger partial charge in [-0.3, -0.25) is 0 Å². The second-order valence-electron chi connectivity index (χ2n) is 2.94. The number of nitrogens with zero attached hydrogens (tertiary/aromatic N) is 2. The molecule has 0 aliphatic rings. The van der Waals surface area contributed by atoms with Gasteiger partial charge in [0.05, 0.1) is 15.6 Å². The van der Waals surface area contributed by atoms with E-state index >= 15 is 0 Å². The highest BCUT2D eigenvalue weighted by atomic mass is 35.5. The Balaban J connectivity index is 3.32. The lowest BCUT2D eigenvalue weighted by atomic mass is 10.3. The zero-order chi connectivity index (χ0) is 15.0. The maximum atomic E-state index is 12.8. The van der Waals surface area contributed by atoms with Gasteiger partial charge in [0, 0.05) is 0 Å². The lowest BCUT2D eigenvalue weighted by Gasteiger charge is -2.19. The van der Waals surface area contributed by atoms with Crippen LogP contribution < -0.4 is 0 Å². The Kier molecular flexibility index (Phi) is 4.78. The average Bonchev–Trinajstić information content (AvgIpc) is 2.25. The van der Waals surface area contributed by atoms with Crippen molar-refractivity contribution in [1.29, 1.82) is 5.26 Å². The number of hydrogen-bond donors (Lipinski definition) is 0. The maximum absolute atomic E-state index is 12.8. The molecule has 1 rings (SSSR count). The summed E-state index contributed by atoms with van der Waals surface area (Å²) in [6.07, 6.45) is -5.80. The molecule has 1 aromatic heterocycles. The van der Waals surface area contributed by atoms with Crippen LogP contribution in [-0.4, -0.2) is 16.4 Å². The number of alkyl halides is 5. The van der Waals surface area contributed by atoms with E-state index in [1.165, 1.54) is 6.07 Å². The zero-order valence-electron chi connectivity index (χ0n) is 8.33. The Labute approximate surface area is 122 Å². The van der Waals surface area contributed by atoms with Crippen molar-refractivity contribution < 1.29 is 22.0 Å². The number of rotatable bonds is 2. The molecule has 1 aromatic rings. The minimum Gasteiger partial charge on any atom is -0.226 e. The number of aromatic nitrogens is 1. The largest absolute Gasteiger partial charge is 0.464 e. The van der Waals surface area contributed by atoms with E-state index in [0.717, 1.165) is 0 Å². The highest BCUT2D eigenvalue weighted by Gasteiger charge is 2.59. The van der Waals surface area contributed by atoms with Crippen molar-refractivity contribution in [2.75, 3.05) is 0 Å². The fraction of sp³-hybridized carbons (Fsp3) is 0.250. The molecule has 0 fully saturated rings. The van der Waals surface area contributed by atoms with E-state index in [4.69, 9.17) is 40.1 Å². The number of halogens is 8. The molecule has 0 bridgehead atoms. The van der Waals surface area contributed by atoms with Gasteiger partial charge in [-0.05, 0) is 11.8 Å². The summed E-state index contributed by atoms with van der Waals surface area (Å²) in [5, 5.41) is 0.882. The molecule has 2 nitrogen and oxygen atoms in total. The van der Waals surface area contributed by atoms with Crippen LogP contribution in [0.2, 0.25) is 15.2 Å². The fourth-order valence-electron chi connectivity index (χ4n) is 0.839. The number of pyridine rings is 1. The molecule has 0 aliphatic carbocycles. The van der Waals surface area contributed by atoms with E-state index in [1.807, 2.05) is 0 Å². The van der Waals surface area contributed by atoms with Crippen LogP contribution in [0.25, 0.3) is 0 Å². The molecule has 0 amide bonds. The highest BCUT2D eigenvalue weighted by Crippen LogP contribution is 2.49. The molecule has 0 saturated carbocycles. The van der Waals surface area contributed by atoms with E-state index in [2.05, 4.69) is 4.98 Å². The van der Waals surface area contributed by atoms with Crippen molar-refractivity contribution in [2.24, 2.45) is 0 Å². The molecule has 11 heteroatoms. The summed E-state index contributed by atoms with van der Waals surface area (Å²) in [6.45, 7) is 0. The van der Waals surface area contributed by atoms with E-state index in [1.54, 1.807) is 0 Å². The van der Waals surface area contributed by atoms with Crippen LogP contribution >= 0.6 is 46.6 Å². The van der Waals surface area contributed by atoms with Crippen molar-refractivity contribution in [3.05, 3.63) is 20.8 Å². The first-order valence-electron chi connectivity index (χ1n) is 4.09. The summed E-state index contributed by atoms with van der Waals surface area (Å²) in [6, 6.07) is 1.44. The molecule has 0 radical (unpaired) electrons. The first kappa shape index (κ1) is 16.6. The lowest BCUT2D eigenvalue weighted by Crippen LogP contribution is -2.32. The van der Waals surface area contributed by atoms with E-state index in [-0.39, 0.29) is 0 Å². The van der Waals surface area contributed by atoms with Crippen molar-refractivity contribution in [3.63, 3.8) is 0 Å². The fourth-order valence-corrected chi connectivity index (χ4v) is 2.28. The Morgan fingerprint density at radius 3 is 2.00 bits per heavy atom. The molecule has 0 saturated heterocycles. The smallest absolute Gasteiger partial charge is 0.226 e. The third kappa shape index (κ3) is 3.34. The first-order chi connectivity index (χ1) is 8.51. The molecular weight excluding hydrogens is 358 g/mol. The van der Waals surface area contributed by atoms with Crippen LogP contribution in [0.1, 0.15) is 5.56 Å². The molecule has 19 heavy (non-hydrogen) atoms. The standard InChI is InChI=1S/C8Cl3F5N2S/c9-3-2(1-17)4(10)6(18-5(3)11)19-8(15,16)7(12,13)14. The predicted octanol–water partition coefficient (Wildman–Crippen LogP) is 5.16. The van der Waals surface area contributed by atoms with Crippen molar-refractivity contribution >= 4 is 46.6 Å². The topological polar surface area (TPSA) is 36.7 Å². The van der Waals surface area contributed by atoms with E-state index < -0.39 is 49.0 Å². The normalized spacial score (nSPS) is 12.4. The van der Waals surface area contributed by atoms with Crippen LogP contribution in [0.4, 0.5) is 22.0 Å². The molecule has 0 unspecified atom stereocenters. The van der Waals surface area contributed by atoms with E-state index in [0.29, 0.717) is 0 Å². The van der Waals surface area contributed by atoms with Crippen LogP contribution in [0.5, 0.6) is 0 Å². The Morgan fingerprint density at radius 1 is 1.05 bits per heavy atom. The summed E-state index contributed by atoms with van der Waals surface area (Å²) in [5.41, 5.74) is -0.524. The van der Waals surface area contributed by atoms with Crippen molar-refractivity contribution in [3.8, 4) is 6.07 Å². The van der Waals surface area contributed by atoms with Gasteiger partial charge in [0.25, 0.3) is 0 Å². The molecule has 104 valence electrons. The van der Waals surface area contributed by atoms with Crippen LogP contribution in [-0.2, 0) is 0 Å². The molecule has 0 aromatic carbocycles. The van der Waals surface area contributed by atoms with Gasteiger partial charge in [-0.1, -0.05) is 34.8 Å². The van der Waals surface area contributed by atoms with Crippen LogP contribution in [0.15, 0.2) is 5.03 Å². The summed E-state index contributed by atoms with van der Waals surface area (Å²) in [5.74, 6) is 0. The summed E-state index contributed by atoms with van der Waals surface area (Å²) in [4.78, 5) is 3.21. The summed E-state index contributed by atoms with van der Waals surface area (Å²) >= 11 is 15.5. The molecule has 1 heterocycles. The van der Waals surface area contributed by atoms with Crippen molar-refractivity contribution in [1.82, 2.24) is 4.98 Å².